The molecule has 1 aromatic heterocycles. The van der Waals surface area contributed by atoms with Crippen molar-refractivity contribution in [2.75, 3.05) is 14.2 Å². The predicted molar refractivity (Wildman–Crippen MR) is 81.2 cm³/mol. The summed E-state index contributed by atoms with van der Waals surface area (Å²) in [6.07, 6.45) is 1.69. The van der Waals surface area contributed by atoms with Crippen LogP contribution >= 0.6 is 15.9 Å². The Morgan fingerprint density at radius 1 is 1.35 bits per heavy atom. The van der Waals surface area contributed by atoms with Gasteiger partial charge in [0.15, 0.2) is 5.75 Å². The molecule has 0 saturated carbocycles. The van der Waals surface area contributed by atoms with Crippen LogP contribution in [0.2, 0.25) is 0 Å². The number of rotatable bonds is 5. The maximum absolute atomic E-state index is 6.41. The lowest BCUT2D eigenvalue weighted by atomic mass is 10.0. The first kappa shape index (κ1) is 14.9. The van der Waals surface area contributed by atoms with Gasteiger partial charge in [-0.15, -0.1) is 0 Å². The van der Waals surface area contributed by atoms with E-state index in [1.807, 2.05) is 29.8 Å². The van der Waals surface area contributed by atoms with Gasteiger partial charge in [-0.2, -0.15) is 5.10 Å². The van der Waals surface area contributed by atoms with Gasteiger partial charge in [0.25, 0.3) is 0 Å². The van der Waals surface area contributed by atoms with E-state index in [0.29, 0.717) is 5.75 Å². The summed E-state index contributed by atoms with van der Waals surface area (Å²) in [4.78, 5) is 0. The molecule has 2 aromatic rings. The molecule has 0 saturated heterocycles. The fraction of sp³-hybridized carbons (Fsp3) is 0.357. The summed E-state index contributed by atoms with van der Waals surface area (Å²) in [5, 5.41) is 4.29. The van der Waals surface area contributed by atoms with Crippen molar-refractivity contribution in [3.63, 3.8) is 0 Å². The van der Waals surface area contributed by atoms with Crippen molar-refractivity contribution in [3.05, 3.63) is 40.1 Å². The Morgan fingerprint density at radius 3 is 2.70 bits per heavy atom. The standard InChI is InChI=1S/C14H18BrN3O2/c1-4-18-14(12(20-3)8-17-18)13(16)10-7-9(19-2)5-6-11(10)15/h5-8,13H,4,16H2,1-3H3. The van der Waals surface area contributed by atoms with Crippen LogP contribution < -0.4 is 15.2 Å². The minimum Gasteiger partial charge on any atom is -0.497 e. The van der Waals surface area contributed by atoms with Crippen LogP contribution in [0.15, 0.2) is 28.9 Å². The Bertz CT molecular complexity index is 577. The molecule has 1 heterocycles. The zero-order chi connectivity index (χ0) is 14.7. The van der Waals surface area contributed by atoms with Gasteiger partial charge in [-0.1, -0.05) is 15.9 Å². The lowest BCUT2D eigenvalue weighted by Crippen LogP contribution is -2.18. The zero-order valence-corrected chi connectivity index (χ0v) is 13.3. The summed E-state index contributed by atoms with van der Waals surface area (Å²) in [5.74, 6) is 1.45. The van der Waals surface area contributed by atoms with Crippen LogP contribution in [0.4, 0.5) is 0 Å². The van der Waals surface area contributed by atoms with Crippen molar-refractivity contribution in [1.82, 2.24) is 9.78 Å². The number of nitrogens with two attached hydrogens (primary N) is 1. The van der Waals surface area contributed by atoms with Crippen molar-refractivity contribution in [3.8, 4) is 11.5 Å². The first-order chi connectivity index (χ1) is 9.62. The molecular formula is C14H18BrN3O2. The molecule has 5 nitrogen and oxygen atoms in total. The fourth-order valence-electron chi connectivity index (χ4n) is 2.14. The number of hydrogen-bond donors (Lipinski definition) is 1. The Morgan fingerprint density at radius 2 is 2.10 bits per heavy atom. The predicted octanol–water partition coefficient (Wildman–Crippen LogP) is 2.73. The van der Waals surface area contributed by atoms with E-state index in [4.69, 9.17) is 15.2 Å². The van der Waals surface area contributed by atoms with Gasteiger partial charge in [-0.3, -0.25) is 4.68 Å². The second kappa shape index (κ2) is 6.28. The number of aryl methyl sites for hydroxylation is 1. The molecule has 0 fully saturated rings. The highest BCUT2D eigenvalue weighted by atomic mass is 79.9. The summed E-state index contributed by atoms with van der Waals surface area (Å²) in [5.41, 5.74) is 8.19. The normalized spacial score (nSPS) is 12.2. The zero-order valence-electron chi connectivity index (χ0n) is 11.8. The van der Waals surface area contributed by atoms with E-state index in [-0.39, 0.29) is 6.04 Å². The van der Waals surface area contributed by atoms with Gasteiger partial charge in [-0.05, 0) is 30.7 Å². The van der Waals surface area contributed by atoms with Crippen LogP contribution in [0, 0.1) is 0 Å². The van der Waals surface area contributed by atoms with Gasteiger partial charge in [0.1, 0.15) is 11.4 Å². The lowest BCUT2D eigenvalue weighted by Gasteiger charge is -2.17. The summed E-state index contributed by atoms with van der Waals surface area (Å²) in [7, 11) is 3.25. The van der Waals surface area contributed by atoms with Crippen molar-refractivity contribution < 1.29 is 9.47 Å². The maximum Gasteiger partial charge on any atom is 0.161 e. The van der Waals surface area contributed by atoms with Crippen LogP contribution in [0.3, 0.4) is 0 Å². The largest absolute Gasteiger partial charge is 0.497 e. The van der Waals surface area contributed by atoms with E-state index in [1.54, 1.807) is 20.4 Å². The lowest BCUT2D eigenvalue weighted by molar-refractivity contribution is 0.403. The van der Waals surface area contributed by atoms with Crippen LogP contribution in [0.25, 0.3) is 0 Å². The number of hydrogen-bond acceptors (Lipinski definition) is 4. The van der Waals surface area contributed by atoms with Crippen LogP contribution in [0.5, 0.6) is 11.5 Å². The van der Waals surface area contributed by atoms with Crippen molar-refractivity contribution in [2.45, 2.75) is 19.5 Å². The maximum atomic E-state index is 6.41. The number of nitrogens with zero attached hydrogens (tertiary/aromatic N) is 2. The Hall–Kier alpha value is -1.53. The summed E-state index contributed by atoms with van der Waals surface area (Å²) in [6, 6.07) is 5.38. The third-order valence-corrected chi connectivity index (χ3v) is 3.92. The minimum absolute atomic E-state index is 0.350. The van der Waals surface area contributed by atoms with Crippen LogP contribution in [-0.2, 0) is 6.54 Å². The molecule has 2 N–H and O–H groups in total. The molecule has 0 bridgehead atoms. The number of halogens is 1. The fourth-order valence-corrected chi connectivity index (χ4v) is 2.63. The average molecular weight is 340 g/mol. The number of benzene rings is 1. The van der Waals surface area contributed by atoms with Gasteiger partial charge < -0.3 is 15.2 Å². The highest BCUT2D eigenvalue weighted by Crippen LogP contribution is 2.34. The molecule has 2 rings (SSSR count). The van der Waals surface area contributed by atoms with Gasteiger partial charge in [-0.25, -0.2) is 0 Å². The number of ether oxygens (including phenoxy) is 2. The van der Waals surface area contributed by atoms with Gasteiger partial charge in [0.05, 0.1) is 26.5 Å². The Balaban J connectivity index is 2.50. The quantitative estimate of drug-likeness (QED) is 0.909. The molecule has 1 aromatic carbocycles. The number of methoxy groups -OCH3 is 2. The Labute approximate surface area is 126 Å². The third kappa shape index (κ3) is 2.66. The SMILES string of the molecule is CCn1ncc(OC)c1C(N)c1cc(OC)ccc1Br. The molecule has 0 aliphatic carbocycles. The molecule has 0 amide bonds. The van der Waals surface area contributed by atoms with Crippen LogP contribution in [0.1, 0.15) is 24.2 Å². The molecule has 6 heteroatoms. The van der Waals surface area contributed by atoms with E-state index in [1.165, 1.54) is 0 Å². The van der Waals surface area contributed by atoms with Gasteiger partial charge in [0.2, 0.25) is 0 Å². The molecule has 0 radical (unpaired) electrons. The second-order valence-corrected chi connectivity index (χ2v) is 5.13. The van der Waals surface area contributed by atoms with Crippen LogP contribution in [-0.4, -0.2) is 24.0 Å². The molecule has 1 unspecified atom stereocenters. The topological polar surface area (TPSA) is 62.3 Å². The molecule has 1 atom stereocenters. The first-order valence-electron chi connectivity index (χ1n) is 6.31. The van der Waals surface area contributed by atoms with Crippen molar-refractivity contribution >= 4 is 15.9 Å². The monoisotopic (exact) mass is 339 g/mol. The van der Waals surface area contributed by atoms with E-state index in [9.17, 15) is 0 Å². The average Bonchev–Trinajstić information content (AvgIpc) is 2.90. The van der Waals surface area contributed by atoms with Gasteiger partial charge in [0, 0.05) is 11.0 Å². The smallest absolute Gasteiger partial charge is 0.161 e. The molecule has 0 spiro atoms. The van der Waals surface area contributed by atoms with E-state index in [2.05, 4.69) is 21.0 Å². The van der Waals surface area contributed by atoms with Crippen molar-refractivity contribution in [1.29, 1.82) is 0 Å². The number of aromatic nitrogens is 2. The third-order valence-electron chi connectivity index (χ3n) is 3.20. The highest BCUT2D eigenvalue weighted by Gasteiger charge is 2.22. The first-order valence-corrected chi connectivity index (χ1v) is 7.10. The van der Waals surface area contributed by atoms with E-state index < -0.39 is 0 Å². The van der Waals surface area contributed by atoms with E-state index in [0.717, 1.165) is 28.0 Å². The second-order valence-electron chi connectivity index (χ2n) is 4.28. The Kier molecular flexibility index (Phi) is 4.67. The highest BCUT2D eigenvalue weighted by molar-refractivity contribution is 9.10. The molecule has 0 aliphatic heterocycles. The summed E-state index contributed by atoms with van der Waals surface area (Å²) in [6.45, 7) is 2.75. The van der Waals surface area contributed by atoms with Gasteiger partial charge >= 0.3 is 0 Å². The van der Waals surface area contributed by atoms with E-state index >= 15 is 0 Å². The summed E-state index contributed by atoms with van der Waals surface area (Å²) < 4.78 is 13.4. The molecule has 108 valence electrons. The molecule has 0 aliphatic rings. The molecule has 20 heavy (non-hydrogen) atoms. The molecular weight excluding hydrogens is 322 g/mol. The van der Waals surface area contributed by atoms with Crippen molar-refractivity contribution in [2.24, 2.45) is 5.73 Å². The summed E-state index contributed by atoms with van der Waals surface area (Å²) >= 11 is 3.53. The minimum atomic E-state index is -0.350.